The summed E-state index contributed by atoms with van der Waals surface area (Å²) >= 11 is 0. The normalized spacial score (nSPS) is 21.9. The molecule has 8 nitrogen and oxygen atoms in total. The van der Waals surface area contributed by atoms with E-state index in [1.807, 2.05) is 0 Å². The molecular formula is C22H24N4O4. The van der Waals surface area contributed by atoms with Gasteiger partial charge in [-0.2, -0.15) is 0 Å². The van der Waals surface area contributed by atoms with Crippen molar-refractivity contribution in [3.63, 3.8) is 0 Å². The maximum Gasteiger partial charge on any atom is 0.295 e. The third kappa shape index (κ3) is 4.10. The number of Topliss-reactive ketones (excluding diaryl/α,β-unsaturated/α-hetero) is 1. The molecule has 0 radical (unpaired) electrons. The van der Waals surface area contributed by atoms with Crippen LogP contribution in [0.25, 0.3) is 5.76 Å². The van der Waals surface area contributed by atoms with Gasteiger partial charge >= 0.3 is 0 Å². The van der Waals surface area contributed by atoms with Gasteiger partial charge in [0.05, 0.1) is 24.8 Å². The predicted octanol–water partition coefficient (Wildman–Crippen LogP) is 1.62. The Morgan fingerprint density at radius 3 is 2.30 bits per heavy atom. The minimum Gasteiger partial charge on any atom is -0.507 e. The molecule has 1 unspecified atom stereocenters. The van der Waals surface area contributed by atoms with Crippen molar-refractivity contribution in [3.05, 3.63) is 65.8 Å². The van der Waals surface area contributed by atoms with Crippen LogP contribution >= 0.6 is 0 Å². The highest BCUT2D eigenvalue weighted by molar-refractivity contribution is 6.46. The average Bonchev–Trinajstić information content (AvgIpc) is 3.05. The molecule has 156 valence electrons. The number of carbonyl (C=O) groups excluding carboxylic acids is 2. The van der Waals surface area contributed by atoms with E-state index in [0.29, 0.717) is 25.3 Å². The van der Waals surface area contributed by atoms with Gasteiger partial charge in [0.15, 0.2) is 0 Å². The van der Waals surface area contributed by atoms with Gasteiger partial charge in [-0.1, -0.05) is 0 Å². The lowest BCUT2D eigenvalue weighted by Gasteiger charge is -2.29. The van der Waals surface area contributed by atoms with Gasteiger partial charge in [-0.3, -0.25) is 24.5 Å². The Labute approximate surface area is 174 Å². The van der Waals surface area contributed by atoms with Gasteiger partial charge in [-0.25, -0.2) is 0 Å². The Bertz CT molecular complexity index is 927. The van der Waals surface area contributed by atoms with Gasteiger partial charge in [0, 0.05) is 56.5 Å². The zero-order valence-corrected chi connectivity index (χ0v) is 16.6. The number of likely N-dealkylation sites (tertiary alicyclic amines) is 1. The van der Waals surface area contributed by atoms with Gasteiger partial charge in [0.2, 0.25) is 0 Å². The minimum absolute atomic E-state index is 0.101. The first kappa shape index (κ1) is 20.2. The Balaban J connectivity index is 1.63. The standard InChI is InChI=1S/C22H24N4O4/c27-20(17-4-8-24-9-5-17)18-19(16-2-6-23-7-3-16)26(22(29)21(18)28)11-1-10-25-12-14-30-15-13-25/h2-9,19,27H,1,10-15H2/b20-18+. The number of rotatable bonds is 6. The number of aromatic nitrogens is 2. The summed E-state index contributed by atoms with van der Waals surface area (Å²) in [7, 11) is 0. The number of hydrogen-bond acceptors (Lipinski definition) is 7. The van der Waals surface area contributed by atoms with Crippen molar-refractivity contribution in [2.24, 2.45) is 0 Å². The van der Waals surface area contributed by atoms with E-state index in [-0.39, 0.29) is 11.3 Å². The van der Waals surface area contributed by atoms with E-state index in [0.717, 1.165) is 31.6 Å². The van der Waals surface area contributed by atoms with Crippen LogP contribution in [0.3, 0.4) is 0 Å². The summed E-state index contributed by atoms with van der Waals surface area (Å²) in [6.45, 7) is 4.41. The highest BCUT2D eigenvalue weighted by Crippen LogP contribution is 2.39. The molecule has 4 heterocycles. The smallest absolute Gasteiger partial charge is 0.295 e. The van der Waals surface area contributed by atoms with Crippen LogP contribution in [0.15, 0.2) is 54.6 Å². The molecule has 1 amide bonds. The van der Waals surface area contributed by atoms with E-state index in [9.17, 15) is 14.7 Å². The maximum atomic E-state index is 12.9. The predicted molar refractivity (Wildman–Crippen MR) is 109 cm³/mol. The topological polar surface area (TPSA) is 95.9 Å². The van der Waals surface area contributed by atoms with Crippen LogP contribution in [0.1, 0.15) is 23.6 Å². The summed E-state index contributed by atoms with van der Waals surface area (Å²) in [5.41, 5.74) is 1.30. The minimum atomic E-state index is -0.669. The highest BCUT2D eigenvalue weighted by atomic mass is 16.5. The molecule has 30 heavy (non-hydrogen) atoms. The number of ether oxygens (including phenoxy) is 1. The summed E-state index contributed by atoms with van der Waals surface area (Å²) in [6, 6.07) is 6.12. The Morgan fingerprint density at radius 2 is 1.63 bits per heavy atom. The van der Waals surface area contributed by atoms with Crippen LogP contribution < -0.4 is 0 Å². The second-order valence-corrected chi connectivity index (χ2v) is 7.32. The first-order valence-electron chi connectivity index (χ1n) is 10.1. The first-order chi connectivity index (χ1) is 14.7. The molecule has 1 atom stereocenters. The molecule has 1 N–H and O–H groups in total. The molecule has 2 aliphatic rings. The molecule has 2 aliphatic heterocycles. The molecular weight excluding hydrogens is 384 g/mol. The third-order valence-electron chi connectivity index (χ3n) is 5.49. The molecule has 2 aromatic heterocycles. The monoisotopic (exact) mass is 408 g/mol. The molecule has 4 rings (SSSR count). The molecule has 0 saturated carbocycles. The zero-order chi connectivity index (χ0) is 20.9. The molecule has 2 saturated heterocycles. The summed E-state index contributed by atoms with van der Waals surface area (Å²) in [5.74, 6) is -1.44. The Kier molecular flexibility index (Phi) is 6.15. The van der Waals surface area contributed by atoms with E-state index >= 15 is 0 Å². The van der Waals surface area contributed by atoms with Gasteiger partial charge < -0.3 is 14.7 Å². The van der Waals surface area contributed by atoms with Gasteiger partial charge in [-0.05, 0) is 36.2 Å². The number of ketones is 1. The number of morpholine rings is 1. The molecule has 0 aromatic carbocycles. The summed E-state index contributed by atoms with van der Waals surface area (Å²) < 4.78 is 5.37. The molecule has 2 fully saturated rings. The van der Waals surface area contributed by atoms with E-state index in [1.165, 1.54) is 12.4 Å². The number of amides is 1. The molecule has 2 aromatic rings. The zero-order valence-electron chi connectivity index (χ0n) is 16.6. The fraction of sp³-hybridized carbons (Fsp3) is 0.364. The van der Waals surface area contributed by atoms with Crippen molar-refractivity contribution in [3.8, 4) is 0 Å². The fourth-order valence-electron chi connectivity index (χ4n) is 3.96. The molecule has 0 bridgehead atoms. The lowest BCUT2D eigenvalue weighted by Crippen LogP contribution is -2.38. The quantitative estimate of drug-likeness (QED) is 0.441. The van der Waals surface area contributed by atoms with Crippen LogP contribution in [-0.4, -0.2) is 76.0 Å². The number of carbonyl (C=O) groups is 2. The van der Waals surface area contributed by atoms with Crippen LogP contribution in [-0.2, 0) is 14.3 Å². The Morgan fingerprint density at radius 1 is 1.00 bits per heavy atom. The first-order valence-corrected chi connectivity index (χ1v) is 10.1. The van der Waals surface area contributed by atoms with Crippen molar-refractivity contribution < 1.29 is 19.4 Å². The van der Waals surface area contributed by atoms with Gasteiger partial charge in [-0.15, -0.1) is 0 Å². The lowest BCUT2D eigenvalue weighted by molar-refractivity contribution is -0.140. The average molecular weight is 408 g/mol. The highest BCUT2D eigenvalue weighted by Gasteiger charge is 2.45. The second kappa shape index (κ2) is 9.15. The SMILES string of the molecule is O=C1C(=O)N(CCCN2CCOCC2)C(c2ccncc2)/C1=C(\O)c1ccncc1. The number of aliphatic hydroxyl groups excluding tert-OH is 1. The lowest BCUT2D eigenvalue weighted by atomic mass is 9.96. The van der Waals surface area contributed by atoms with Crippen molar-refractivity contribution >= 4 is 17.4 Å². The second-order valence-electron chi connectivity index (χ2n) is 7.32. The van der Waals surface area contributed by atoms with Crippen molar-refractivity contribution in [1.29, 1.82) is 0 Å². The molecule has 0 spiro atoms. The van der Waals surface area contributed by atoms with Crippen LogP contribution in [0, 0.1) is 0 Å². The number of nitrogens with zero attached hydrogens (tertiary/aromatic N) is 4. The number of aliphatic hydroxyl groups is 1. The summed E-state index contributed by atoms with van der Waals surface area (Å²) in [5, 5.41) is 10.9. The van der Waals surface area contributed by atoms with E-state index < -0.39 is 17.7 Å². The molecule has 8 heteroatoms. The fourth-order valence-corrected chi connectivity index (χ4v) is 3.96. The van der Waals surface area contributed by atoms with E-state index in [1.54, 1.807) is 41.6 Å². The van der Waals surface area contributed by atoms with E-state index in [4.69, 9.17) is 4.74 Å². The summed E-state index contributed by atoms with van der Waals surface area (Å²) in [4.78, 5) is 37.6. The largest absolute Gasteiger partial charge is 0.507 e. The van der Waals surface area contributed by atoms with Gasteiger partial charge in [0.25, 0.3) is 11.7 Å². The van der Waals surface area contributed by atoms with Crippen LogP contribution in [0.5, 0.6) is 0 Å². The van der Waals surface area contributed by atoms with Crippen molar-refractivity contribution in [2.45, 2.75) is 12.5 Å². The van der Waals surface area contributed by atoms with Crippen LogP contribution in [0.4, 0.5) is 0 Å². The number of pyridine rings is 2. The molecule has 0 aliphatic carbocycles. The van der Waals surface area contributed by atoms with Crippen LogP contribution in [0.2, 0.25) is 0 Å². The van der Waals surface area contributed by atoms with Crippen molar-refractivity contribution in [2.75, 3.05) is 39.4 Å². The number of hydrogen-bond donors (Lipinski definition) is 1. The van der Waals surface area contributed by atoms with E-state index in [2.05, 4.69) is 14.9 Å². The van der Waals surface area contributed by atoms with Gasteiger partial charge in [0.1, 0.15) is 5.76 Å². The summed E-state index contributed by atoms with van der Waals surface area (Å²) in [6.07, 6.45) is 7.04. The Hall–Kier alpha value is -3.10. The third-order valence-corrected chi connectivity index (χ3v) is 5.49. The maximum absolute atomic E-state index is 12.9. The van der Waals surface area contributed by atoms with Crippen molar-refractivity contribution in [1.82, 2.24) is 19.8 Å².